The van der Waals surface area contributed by atoms with Crippen LogP contribution in [0.4, 0.5) is 0 Å². The number of nitrogens with zero attached hydrogens (tertiary/aromatic N) is 2. The van der Waals surface area contributed by atoms with E-state index >= 15 is 0 Å². The number of carbonyl (C=O) groups is 2. The van der Waals surface area contributed by atoms with Crippen LogP contribution in [-0.4, -0.2) is 35.6 Å². The highest BCUT2D eigenvalue weighted by Crippen LogP contribution is 2.26. The van der Waals surface area contributed by atoms with Gasteiger partial charge in [0.15, 0.2) is 0 Å². The molecular weight excluding hydrogens is 230 g/mol. The highest BCUT2D eigenvalue weighted by molar-refractivity contribution is 6.00. The lowest BCUT2D eigenvalue weighted by molar-refractivity contribution is -0.137. The Morgan fingerprint density at radius 2 is 2.11 bits per heavy atom. The van der Waals surface area contributed by atoms with Gasteiger partial charge in [0.1, 0.15) is 6.04 Å². The normalized spacial score (nSPS) is 24.9. The van der Waals surface area contributed by atoms with Crippen molar-refractivity contribution in [1.82, 2.24) is 10.3 Å². The minimum Gasteiger partial charge on any atom is -0.295 e. The molecule has 5 nitrogen and oxygen atoms in total. The van der Waals surface area contributed by atoms with E-state index < -0.39 is 0 Å². The minimum absolute atomic E-state index is 0.0698. The quantitative estimate of drug-likeness (QED) is 0.707. The van der Waals surface area contributed by atoms with Crippen molar-refractivity contribution < 1.29 is 9.59 Å². The van der Waals surface area contributed by atoms with Crippen molar-refractivity contribution in [2.24, 2.45) is 10.5 Å². The first-order chi connectivity index (χ1) is 8.38. The van der Waals surface area contributed by atoms with Gasteiger partial charge in [0.05, 0.1) is 12.8 Å². The number of imide groups is 1. The lowest BCUT2D eigenvalue weighted by atomic mass is 9.86. The number of nitrogens with one attached hydrogen (secondary N) is 1. The van der Waals surface area contributed by atoms with Gasteiger partial charge in [0, 0.05) is 6.42 Å². The molecule has 0 aromatic rings. The monoisotopic (exact) mass is 249 g/mol. The molecule has 1 saturated heterocycles. The summed E-state index contributed by atoms with van der Waals surface area (Å²) < 4.78 is 0. The molecule has 5 heteroatoms. The minimum atomic E-state index is -0.322. The molecule has 0 radical (unpaired) electrons. The number of allylic oxidation sites excluding steroid dienone is 1. The van der Waals surface area contributed by atoms with Gasteiger partial charge in [-0.3, -0.25) is 19.9 Å². The summed E-state index contributed by atoms with van der Waals surface area (Å²) in [5.41, 5.74) is 1.24. The number of hydrogen-bond donors (Lipinski definition) is 1. The van der Waals surface area contributed by atoms with Crippen LogP contribution in [0.2, 0.25) is 0 Å². The van der Waals surface area contributed by atoms with Gasteiger partial charge in [-0.25, -0.2) is 0 Å². The fourth-order valence-electron chi connectivity index (χ4n) is 2.10. The molecule has 1 N–H and O–H groups in total. The summed E-state index contributed by atoms with van der Waals surface area (Å²) in [4.78, 5) is 22.8. The topological polar surface area (TPSA) is 61.8 Å². The number of rotatable bonds is 1. The molecule has 1 atom stereocenters. The predicted molar refractivity (Wildman–Crippen MR) is 68.9 cm³/mol. The summed E-state index contributed by atoms with van der Waals surface area (Å²) >= 11 is 0. The molecule has 2 aliphatic rings. The highest BCUT2D eigenvalue weighted by Gasteiger charge is 2.32. The Balaban J connectivity index is 2.03. The van der Waals surface area contributed by atoms with Crippen molar-refractivity contribution >= 4 is 18.0 Å². The first-order valence-electron chi connectivity index (χ1n) is 6.23. The van der Waals surface area contributed by atoms with E-state index in [4.69, 9.17) is 0 Å². The van der Waals surface area contributed by atoms with Crippen LogP contribution in [0.25, 0.3) is 0 Å². The molecule has 0 aliphatic carbocycles. The van der Waals surface area contributed by atoms with Crippen molar-refractivity contribution in [2.45, 2.75) is 39.7 Å². The molecule has 98 valence electrons. The zero-order chi connectivity index (χ0) is 13.3. The SMILES string of the molecule is CC(C)(C)C1=CCN(C2CCC(=O)NC2=O)N=C1. The lowest BCUT2D eigenvalue weighted by Crippen LogP contribution is -2.51. The molecule has 0 aromatic heterocycles. The number of hydrazone groups is 1. The summed E-state index contributed by atoms with van der Waals surface area (Å²) in [5, 5.41) is 8.45. The summed E-state index contributed by atoms with van der Waals surface area (Å²) in [5.74, 6) is -0.431. The van der Waals surface area contributed by atoms with Crippen molar-refractivity contribution in [2.75, 3.05) is 6.54 Å². The van der Waals surface area contributed by atoms with E-state index in [0.29, 0.717) is 19.4 Å². The van der Waals surface area contributed by atoms with Crippen LogP contribution in [0, 0.1) is 5.41 Å². The second-order valence-electron chi connectivity index (χ2n) is 5.74. The van der Waals surface area contributed by atoms with E-state index in [1.165, 1.54) is 5.57 Å². The fourth-order valence-corrected chi connectivity index (χ4v) is 2.10. The van der Waals surface area contributed by atoms with Crippen LogP contribution in [-0.2, 0) is 9.59 Å². The third-order valence-corrected chi connectivity index (χ3v) is 3.28. The van der Waals surface area contributed by atoms with Crippen LogP contribution in [0.5, 0.6) is 0 Å². The molecule has 2 amide bonds. The second kappa shape index (κ2) is 4.55. The largest absolute Gasteiger partial charge is 0.295 e. The van der Waals surface area contributed by atoms with Crippen LogP contribution in [0.1, 0.15) is 33.6 Å². The first-order valence-corrected chi connectivity index (χ1v) is 6.23. The fraction of sp³-hybridized carbons (Fsp3) is 0.615. The summed E-state index contributed by atoms with van der Waals surface area (Å²) in [6.45, 7) is 7.01. The van der Waals surface area contributed by atoms with Crippen molar-refractivity contribution in [3.05, 3.63) is 11.6 Å². The van der Waals surface area contributed by atoms with E-state index in [1.54, 1.807) is 5.01 Å². The van der Waals surface area contributed by atoms with E-state index in [9.17, 15) is 9.59 Å². The molecule has 0 saturated carbocycles. The Morgan fingerprint density at radius 1 is 1.39 bits per heavy atom. The summed E-state index contributed by atoms with van der Waals surface area (Å²) in [7, 11) is 0. The number of carbonyl (C=O) groups excluding carboxylic acids is 2. The van der Waals surface area contributed by atoms with Crippen molar-refractivity contribution in [3.63, 3.8) is 0 Å². The Bertz CT molecular complexity index is 432. The van der Waals surface area contributed by atoms with Gasteiger partial charge in [0.2, 0.25) is 5.91 Å². The molecule has 0 aromatic carbocycles. The average Bonchev–Trinajstić information content (AvgIpc) is 2.28. The molecule has 0 spiro atoms. The third-order valence-electron chi connectivity index (χ3n) is 3.28. The van der Waals surface area contributed by atoms with Gasteiger partial charge in [-0.2, -0.15) is 5.10 Å². The van der Waals surface area contributed by atoms with E-state index in [0.717, 1.165) is 0 Å². The van der Waals surface area contributed by atoms with Crippen LogP contribution in [0.3, 0.4) is 0 Å². The number of piperidine rings is 1. The van der Waals surface area contributed by atoms with E-state index in [2.05, 4.69) is 37.3 Å². The molecule has 0 bridgehead atoms. The summed E-state index contributed by atoms with van der Waals surface area (Å²) in [6.07, 6.45) is 4.84. The zero-order valence-electron chi connectivity index (χ0n) is 11.1. The Hall–Kier alpha value is -1.65. The molecular formula is C13H19N3O2. The second-order valence-corrected chi connectivity index (χ2v) is 5.74. The standard InChI is InChI=1S/C13H19N3O2/c1-13(2,3)9-6-7-16(14-8-9)10-4-5-11(17)15-12(10)18/h6,8,10H,4-5,7H2,1-3H3,(H,15,17,18). The lowest BCUT2D eigenvalue weighted by Gasteiger charge is -2.33. The maximum Gasteiger partial charge on any atom is 0.250 e. The Morgan fingerprint density at radius 3 is 2.61 bits per heavy atom. The number of amides is 2. The molecule has 1 unspecified atom stereocenters. The average molecular weight is 249 g/mol. The van der Waals surface area contributed by atoms with Gasteiger partial charge < -0.3 is 0 Å². The van der Waals surface area contributed by atoms with E-state index in [1.807, 2.05) is 6.21 Å². The van der Waals surface area contributed by atoms with Gasteiger partial charge in [-0.1, -0.05) is 26.8 Å². The van der Waals surface area contributed by atoms with E-state index in [-0.39, 0.29) is 23.3 Å². The maximum atomic E-state index is 11.7. The smallest absolute Gasteiger partial charge is 0.250 e. The highest BCUT2D eigenvalue weighted by atomic mass is 16.2. The Kier molecular flexibility index (Phi) is 3.24. The first kappa shape index (κ1) is 12.8. The predicted octanol–water partition coefficient (Wildman–Crippen LogP) is 1.07. The summed E-state index contributed by atoms with van der Waals surface area (Å²) in [6, 6.07) is -0.322. The van der Waals surface area contributed by atoms with Crippen LogP contribution >= 0.6 is 0 Å². The van der Waals surface area contributed by atoms with Gasteiger partial charge >= 0.3 is 0 Å². The molecule has 2 rings (SSSR count). The molecule has 1 fully saturated rings. The number of hydrogen-bond acceptors (Lipinski definition) is 4. The molecule has 2 aliphatic heterocycles. The van der Waals surface area contributed by atoms with Crippen molar-refractivity contribution in [3.8, 4) is 0 Å². The molecule has 18 heavy (non-hydrogen) atoms. The zero-order valence-corrected chi connectivity index (χ0v) is 11.1. The van der Waals surface area contributed by atoms with Gasteiger partial charge in [0.25, 0.3) is 5.91 Å². The van der Waals surface area contributed by atoms with Crippen LogP contribution < -0.4 is 5.32 Å². The van der Waals surface area contributed by atoms with Crippen molar-refractivity contribution in [1.29, 1.82) is 0 Å². The van der Waals surface area contributed by atoms with Gasteiger partial charge in [-0.15, -0.1) is 0 Å². The van der Waals surface area contributed by atoms with Gasteiger partial charge in [-0.05, 0) is 17.4 Å². The maximum absolute atomic E-state index is 11.7. The Labute approximate surface area is 107 Å². The third kappa shape index (κ3) is 2.60. The van der Waals surface area contributed by atoms with Crippen LogP contribution in [0.15, 0.2) is 16.8 Å². The molecule has 2 heterocycles.